The van der Waals surface area contributed by atoms with E-state index in [1.54, 1.807) is 22.0 Å². The van der Waals surface area contributed by atoms with E-state index >= 15 is 0 Å². The molecule has 1 aromatic rings. The molecule has 3 unspecified atom stereocenters. The van der Waals surface area contributed by atoms with Crippen molar-refractivity contribution < 1.29 is 24.2 Å². The van der Waals surface area contributed by atoms with Gasteiger partial charge in [-0.1, -0.05) is 84.6 Å². The van der Waals surface area contributed by atoms with Crippen molar-refractivity contribution in [1.29, 1.82) is 0 Å². The Bertz CT molecular complexity index is 1170. The summed E-state index contributed by atoms with van der Waals surface area (Å²) in [7, 11) is 0. The summed E-state index contributed by atoms with van der Waals surface area (Å²) >= 11 is 3.79. The molecule has 3 saturated heterocycles. The highest BCUT2D eigenvalue weighted by molar-refractivity contribution is 9.09. The minimum atomic E-state index is -1.18. The van der Waals surface area contributed by atoms with Crippen LogP contribution in [0, 0.1) is 11.8 Å². The van der Waals surface area contributed by atoms with Gasteiger partial charge in [0.25, 0.3) is 0 Å². The number of carbonyl (C=O) groups is 3. The number of likely N-dealkylation sites (tertiary alicyclic amines) is 1. The van der Waals surface area contributed by atoms with E-state index < -0.39 is 35.6 Å². The molecule has 9 heteroatoms. The molecule has 1 saturated carbocycles. The number of halogens is 1. The number of fused-ring (bicyclic) bond motifs is 1. The highest BCUT2D eigenvalue weighted by Gasteiger charge is 2.77. The number of hydrogen-bond donors (Lipinski definition) is 1. The average Bonchev–Trinajstić information content (AvgIpc) is 3.60. The molecule has 3 amide bonds. The molecule has 3 heterocycles. The molecule has 3 aliphatic heterocycles. The van der Waals surface area contributed by atoms with Gasteiger partial charge in [0.05, 0.1) is 30.6 Å². The van der Waals surface area contributed by atoms with Crippen LogP contribution in [0.4, 0.5) is 0 Å². The molecule has 4 aliphatic rings. The monoisotopic (exact) mass is 641 g/mol. The van der Waals surface area contributed by atoms with Crippen LogP contribution in [0.25, 0.3) is 0 Å². The van der Waals surface area contributed by atoms with Crippen LogP contribution in [0.3, 0.4) is 0 Å². The second-order valence-electron chi connectivity index (χ2n) is 12.2. The lowest BCUT2D eigenvalue weighted by atomic mass is 9.70. The molecule has 42 heavy (non-hydrogen) atoms. The number of alkyl halides is 1. The molecule has 1 spiro atoms. The van der Waals surface area contributed by atoms with Crippen LogP contribution in [-0.4, -0.2) is 92.4 Å². The fraction of sp³-hybridized carbons (Fsp3) is 0.606. The number of amides is 3. The maximum atomic E-state index is 14.9. The number of rotatable bonds is 12. The highest BCUT2D eigenvalue weighted by atomic mass is 79.9. The molecule has 228 valence electrons. The Kier molecular flexibility index (Phi) is 9.59. The molecule has 1 aliphatic carbocycles. The first-order valence-corrected chi connectivity index (χ1v) is 16.4. The van der Waals surface area contributed by atoms with Gasteiger partial charge in [-0.25, -0.2) is 0 Å². The molecule has 1 aromatic carbocycles. The third kappa shape index (κ3) is 5.15. The number of ether oxygens (including phenoxy) is 1. The third-order valence-electron chi connectivity index (χ3n) is 9.72. The van der Waals surface area contributed by atoms with Gasteiger partial charge in [-0.2, -0.15) is 0 Å². The third-order valence-corrected chi connectivity index (χ3v) is 10.6. The van der Waals surface area contributed by atoms with Crippen molar-refractivity contribution in [3.8, 4) is 0 Å². The Balaban J connectivity index is 1.62. The molecule has 1 N–H and O–H groups in total. The van der Waals surface area contributed by atoms with Crippen LogP contribution in [-0.2, 0) is 19.1 Å². The van der Waals surface area contributed by atoms with Crippen molar-refractivity contribution in [1.82, 2.24) is 14.7 Å². The second-order valence-corrected chi connectivity index (χ2v) is 13.3. The highest BCUT2D eigenvalue weighted by Crippen LogP contribution is 2.61. The fourth-order valence-electron chi connectivity index (χ4n) is 8.03. The fourth-order valence-corrected chi connectivity index (χ4v) is 8.97. The van der Waals surface area contributed by atoms with Crippen molar-refractivity contribution in [2.45, 2.75) is 86.5 Å². The Hall–Kier alpha value is -2.49. The number of aliphatic hydroxyl groups excluding tert-OH is 1. The molecule has 0 radical (unpaired) electrons. The Morgan fingerprint density at radius 1 is 1.14 bits per heavy atom. The number of carbonyl (C=O) groups excluding carboxylic acids is 3. The van der Waals surface area contributed by atoms with Gasteiger partial charge in [0.1, 0.15) is 11.6 Å². The van der Waals surface area contributed by atoms with Gasteiger partial charge in [-0.15, -0.1) is 13.2 Å². The summed E-state index contributed by atoms with van der Waals surface area (Å²) < 4.78 is 6.78. The van der Waals surface area contributed by atoms with Gasteiger partial charge in [-0.3, -0.25) is 14.4 Å². The van der Waals surface area contributed by atoms with Gasteiger partial charge < -0.3 is 24.5 Å². The van der Waals surface area contributed by atoms with Crippen LogP contribution in [0.1, 0.15) is 63.5 Å². The summed E-state index contributed by atoms with van der Waals surface area (Å²) in [6.45, 7) is 10.7. The van der Waals surface area contributed by atoms with E-state index in [1.165, 1.54) is 0 Å². The van der Waals surface area contributed by atoms with Crippen LogP contribution < -0.4 is 0 Å². The first-order valence-electron chi connectivity index (χ1n) is 15.5. The van der Waals surface area contributed by atoms with Crippen molar-refractivity contribution in [3.05, 3.63) is 61.2 Å². The zero-order valence-corrected chi connectivity index (χ0v) is 26.2. The van der Waals surface area contributed by atoms with Gasteiger partial charge in [0.2, 0.25) is 17.7 Å². The number of benzene rings is 1. The first-order chi connectivity index (χ1) is 20.3. The van der Waals surface area contributed by atoms with Gasteiger partial charge in [0, 0.05) is 30.5 Å². The average molecular weight is 643 g/mol. The summed E-state index contributed by atoms with van der Waals surface area (Å²) in [6, 6.07) is 7.66. The first kappa shape index (κ1) is 31.0. The lowest BCUT2D eigenvalue weighted by Crippen LogP contribution is -2.59. The summed E-state index contributed by atoms with van der Waals surface area (Å²) in [4.78, 5) is 48.8. The maximum Gasteiger partial charge on any atom is 0.248 e. The zero-order valence-electron chi connectivity index (χ0n) is 24.6. The Morgan fingerprint density at radius 2 is 1.83 bits per heavy atom. The Labute approximate surface area is 257 Å². The normalized spacial score (nSPS) is 31.1. The molecule has 0 aromatic heterocycles. The van der Waals surface area contributed by atoms with Crippen LogP contribution in [0.15, 0.2) is 55.6 Å². The minimum Gasteiger partial charge on any atom is -0.394 e. The van der Waals surface area contributed by atoms with Crippen LogP contribution >= 0.6 is 15.9 Å². The summed E-state index contributed by atoms with van der Waals surface area (Å²) in [5, 5.41) is 10.8. The molecule has 5 rings (SSSR count). The molecule has 7 atom stereocenters. The van der Waals surface area contributed by atoms with Gasteiger partial charge >= 0.3 is 0 Å². The van der Waals surface area contributed by atoms with Gasteiger partial charge in [0.15, 0.2) is 0 Å². The zero-order chi connectivity index (χ0) is 30.0. The summed E-state index contributed by atoms with van der Waals surface area (Å²) in [6.07, 6.45) is 9.16. The van der Waals surface area contributed by atoms with E-state index in [0.29, 0.717) is 26.1 Å². The molecular formula is C33H44BrN3O5. The van der Waals surface area contributed by atoms with E-state index in [0.717, 1.165) is 44.1 Å². The van der Waals surface area contributed by atoms with E-state index in [9.17, 15) is 19.5 Å². The van der Waals surface area contributed by atoms with E-state index in [-0.39, 0.29) is 35.2 Å². The second kappa shape index (κ2) is 13.0. The quantitative estimate of drug-likeness (QED) is 0.272. The molecule has 8 nitrogen and oxygen atoms in total. The number of hydrogen-bond acceptors (Lipinski definition) is 5. The SMILES string of the molecule is C=CCN(CCC)C(=O)[C@H]1[C@@H]2OC3(CC2Br)C(C(=O)N(CC=C)C2CCCCC2)N([C@H](CO)c2ccccc2)C(=O)[C@H]13. The van der Waals surface area contributed by atoms with E-state index in [2.05, 4.69) is 29.1 Å². The molecule has 2 bridgehead atoms. The van der Waals surface area contributed by atoms with E-state index in [1.807, 2.05) is 42.2 Å². The van der Waals surface area contributed by atoms with Crippen molar-refractivity contribution in [2.24, 2.45) is 11.8 Å². The smallest absolute Gasteiger partial charge is 0.248 e. The van der Waals surface area contributed by atoms with Crippen molar-refractivity contribution >= 4 is 33.7 Å². The predicted octanol–water partition coefficient (Wildman–Crippen LogP) is 4.24. The van der Waals surface area contributed by atoms with Crippen molar-refractivity contribution in [3.63, 3.8) is 0 Å². The molecule has 4 fully saturated rings. The summed E-state index contributed by atoms with van der Waals surface area (Å²) in [5.41, 5.74) is -0.446. The summed E-state index contributed by atoms with van der Waals surface area (Å²) in [5.74, 6) is -2.18. The van der Waals surface area contributed by atoms with Crippen LogP contribution in [0.5, 0.6) is 0 Å². The lowest BCUT2D eigenvalue weighted by molar-refractivity contribution is -0.153. The van der Waals surface area contributed by atoms with Crippen molar-refractivity contribution in [2.75, 3.05) is 26.2 Å². The van der Waals surface area contributed by atoms with Gasteiger partial charge in [-0.05, 0) is 31.2 Å². The standard InChI is InChI=1S/C33H44BrN3O5/c1-4-17-35(18-5-2)30(39)26-27-31(40)37(25(21-38)22-13-9-7-10-14-22)29(33(27)20-24(34)28(26)42-33)32(41)36(19-6-3)23-15-11-8-12-16-23/h4,6-7,9-10,13-14,23-29,38H,1,3,5,8,11-12,15-21H2,2H3/t24?,25-,26-,27+,28-,29?,33?/m1/s1. The predicted molar refractivity (Wildman–Crippen MR) is 165 cm³/mol. The largest absolute Gasteiger partial charge is 0.394 e. The lowest BCUT2D eigenvalue weighted by Gasteiger charge is -2.42. The van der Waals surface area contributed by atoms with E-state index in [4.69, 9.17) is 4.74 Å². The Morgan fingerprint density at radius 3 is 2.45 bits per heavy atom. The maximum absolute atomic E-state index is 14.9. The number of nitrogens with zero attached hydrogens (tertiary/aromatic N) is 3. The topological polar surface area (TPSA) is 90.4 Å². The van der Waals surface area contributed by atoms with Crippen LogP contribution in [0.2, 0.25) is 0 Å². The molecular weight excluding hydrogens is 598 g/mol. The minimum absolute atomic E-state index is 0.0457. The number of aliphatic hydroxyl groups is 1.